The lowest BCUT2D eigenvalue weighted by atomic mass is 10.1. The summed E-state index contributed by atoms with van der Waals surface area (Å²) >= 11 is 1.63. The number of ether oxygens (including phenoxy) is 1. The highest BCUT2D eigenvalue weighted by Crippen LogP contribution is 2.37. The molecule has 0 aliphatic rings. The minimum atomic E-state index is 0.799. The molecule has 4 aromatic rings. The Balaban J connectivity index is 1.82. The molecule has 0 spiro atoms. The van der Waals surface area contributed by atoms with Crippen molar-refractivity contribution < 1.29 is 4.74 Å². The van der Waals surface area contributed by atoms with Gasteiger partial charge in [-0.15, -0.1) is 11.3 Å². The number of hydrogen-bond donors (Lipinski definition) is 1. The van der Waals surface area contributed by atoms with Gasteiger partial charge in [-0.1, -0.05) is 36.4 Å². The molecule has 0 saturated carbocycles. The van der Waals surface area contributed by atoms with Crippen LogP contribution in [0.4, 0.5) is 11.5 Å². The molecule has 1 N–H and O–H groups in total. The minimum Gasteiger partial charge on any atom is -0.497 e. The molecule has 0 radical (unpaired) electrons. The maximum atomic E-state index is 5.29. The number of nitrogens with zero attached hydrogens (tertiary/aromatic N) is 2. The number of anilines is 2. The van der Waals surface area contributed by atoms with E-state index in [1.807, 2.05) is 42.5 Å². The second kappa shape index (κ2) is 6.29. The first-order valence-corrected chi connectivity index (χ1v) is 8.42. The van der Waals surface area contributed by atoms with E-state index in [4.69, 9.17) is 4.74 Å². The summed E-state index contributed by atoms with van der Waals surface area (Å²) in [6.07, 6.45) is 1.59. The zero-order chi connectivity index (χ0) is 16.4. The Hall–Kier alpha value is -2.92. The molecule has 0 bridgehead atoms. The van der Waals surface area contributed by atoms with Gasteiger partial charge in [0.25, 0.3) is 0 Å². The van der Waals surface area contributed by atoms with E-state index >= 15 is 0 Å². The van der Waals surface area contributed by atoms with E-state index in [0.29, 0.717) is 0 Å². The number of aromatic nitrogens is 2. The Morgan fingerprint density at radius 3 is 2.71 bits per heavy atom. The van der Waals surface area contributed by atoms with Gasteiger partial charge < -0.3 is 10.1 Å². The average Bonchev–Trinajstić information content (AvgIpc) is 3.08. The van der Waals surface area contributed by atoms with Crippen molar-refractivity contribution in [2.24, 2.45) is 0 Å². The van der Waals surface area contributed by atoms with Crippen LogP contribution in [0, 0.1) is 0 Å². The fraction of sp³-hybridized carbons (Fsp3) is 0.0526. The van der Waals surface area contributed by atoms with Crippen LogP contribution < -0.4 is 10.1 Å². The van der Waals surface area contributed by atoms with Gasteiger partial charge in [-0.3, -0.25) is 0 Å². The van der Waals surface area contributed by atoms with Gasteiger partial charge in [0.05, 0.1) is 12.5 Å². The van der Waals surface area contributed by atoms with Crippen molar-refractivity contribution in [1.82, 2.24) is 9.97 Å². The van der Waals surface area contributed by atoms with Gasteiger partial charge in [0.1, 0.15) is 22.7 Å². The summed E-state index contributed by atoms with van der Waals surface area (Å²) < 4.78 is 5.29. The van der Waals surface area contributed by atoms with Gasteiger partial charge >= 0.3 is 0 Å². The van der Waals surface area contributed by atoms with Crippen LogP contribution >= 0.6 is 11.3 Å². The van der Waals surface area contributed by atoms with Crippen LogP contribution in [0.25, 0.3) is 21.3 Å². The van der Waals surface area contributed by atoms with Crippen LogP contribution in [0.5, 0.6) is 5.75 Å². The van der Waals surface area contributed by atoms with Gasteiger partial charge in [-0.2, -0.15) is 0 Å². The first-order valence-electron chi connectivity index (χ1n) is 7.54. The molecule has 0 amide bonds. The molecular weight excluding hydrogens is 318 g/mol. The Labute approximate surface area is 143 Å². The first-order chi connectivity index (χ1) is 11.8. The Bertz CT molecular complexity index is 982. The second-order valence-corrected chi connectivity index (χ2v) is 6.13. The zero-order valence-corrected chi connectivity index (χ0v) is 13.9. The third-order valence-corrected chi connectivity index (χ3v) is 4.67. The van der Waals surface area contributed by atoms with Crippen LogP contribution in [-0.4, -0.2) is 17.1 Å². The van der Waals surface area contributed by atoms with E-state index in [0.717, 1.165) is 38.6 Å². The van der Waals surface area contributed by atoms with Gasteiger partial charge in [-0.25, -0.2) is 9.97 Å². The zero-order valence-electron chi connectivity index (χ0n) is 13.1. The standard InChI is InChI=1S/C19H15N3OS/c1-23-15-9-5-8-14(10-15)22-18-17-16(13-6-3-2-4-7-13)11-24-19(17)21-12-20-18/h2-12H,1H3,(H,20,21,22). The number of hydrogen-bond acceptors (Lipinski definition) is 5. The molecule has 4 nitrogen and oxygen atoms in total. The lowest BCUT2D eigenvalue weighted by Crippen LogP contribution is -1.96. The number of thiophene rings is 1. The quantitative estimate of drug-likeness (QED) is 0.564. The molecule has 0 atom stereocenters. The van der Waals surface area contributed by atoms with Crippen LogP contribution in [0.15, 0.2) is 66.3 Å². The Morgan fingerprint density at radius 2 is 1.88 bits per heavy atom. The van der Waals surface area contributed by atoms with Crippen molar-refractivity contribution in [3.63, 3.8) is 0 Å². The predicted octanol–water partition coefficient (Wildman–Crippen LogP) is 5.11. The van der Waals surface area contributed by atoms with Crippen molar-refractivity contribution in [1.29, 1.82) is 0 Å². The van der Waals surface area contributed by atoms with E-state index in [9.17, 15) is 0 Å². The number of rotatable bonds is 4. The van der Waals surface area contributed by atoms with Gasteiger partial charge in [0.2, 0.25) is 0 Å². The average molecular weight is 333 g/mol. The monoisotopic (exact) mass is 333 g/mol. The lowest BCUT2D eigenvalue weighted by Gasteiger charge is -2.09. The SMILES string of the molecule is COc1cccc(Nc2ncnc3scc(-c4ccccc4)c23)c1. The third-order valence-electron chi connectivity index (χ3n) is 3.79. The van der Waals surface area contributed by atoms with E-state index in [2.05, 4.69) is 32.8 Å². The van der Waals surface area contributed by atoms with E-state index in [1.165, 1.54) is 0 Å². The molecule has 0 aliphatic carbocycles. The summed E-state index contributed by atoms with van der Waals surface area (Å²) in [6, 6.07) is 18.1. The molecule has 2 aromatic heterocycles. The molecule has 0 saturated heterocycles. The van der Waals surface area contributed by atoms with Crippen molar-refractivity contribution in [3.05, 3.63) is 66.3 Å². The van der Waals surface area contributed by atoms with E-state index in [-0.39, 0.29) is 0 Å². The maximum Gasteiger partial charge on any atom is 0.143 e. The van der Waals surface area contributed by atoms with Gasteiger partial charge in [0, 0.05) is 22.7 Å². The van der Waals surface area contributed by atoms with E-state index in [1.54, 1.807) is 24.8 Å². The highest BCUT2D eigenvalue weighted by atomic mass is 32.1. The van der Waals surface area contributed by atoms with Crippen molar-refractivity contribution in [3.8, 4) is 16.9 Å². The van der Waals surface area contributed by atoms with Crippen LogP contribution in [0.3, 0.4) is 0 Å². The number of fused-ring (bicyclic) bond motifs is 1. The molecular formula is C19H15N3OS. The molecule has 0 unspecified atom stereocenters. The highest BCUT2D eigenvalue weighted by Gasteiger charge is 2.13. The van der Waals surface area contributed by atoms with Crippen LogP contribution in [0.1, 0.15) is 0 Å². The topological polar surface area (TPSA) is 47.0 Å². The van der Waals surface area contributed by atoms with E-state index < -0.39 is 0 Å². The van der Waals surface area contributed by atoms with Crippen molar-refractivity contribution >= 4 is 33.1 Å². The summed E-state index contributed by atoms with van der Waals surface area (Å²) in [5.41, 5.74) is 3.23. The molecule has 118 valence electrons. The maximum absolute atomic E-state index is 5.29. The fourth-order valence-electron chi connectivity index (χ4n) is 2.64. The van der Waals surface area contributed by atoms with Crippen LogP contribution in [0.2, 0.25) is 0 Å². The summed E-state index contributed by atoms with van der Waals surface area (Å²) in [6.45, 7) is 0. The predicted molar refractivity (Wildman–Crippen MR) is 99.1 cm³/mol. The molecule has 4 rings (SSSR count). The molecule has 2 aromatic carbocycles. The summed E-state index contributed by atoms with van der Waals surface area (Å²) in [7, 11) is 1.66. The lowest BCUT2D eigenvalue weighted by molar-refractivity contribution is 0.415. The summed E-state index contributed by atoms with van der Waals surface area (Å²) in [5.74, 6) is 1.60. The Kier molecular flexibility index (Phi) is 3.84. The normalized spacial score (nSPS) is 10.7. The molecule has 24 heavy (non-hydrogen) atoms. The first kappa shape index (κ1) is 14.7. The number of benzene rings is 2. The second-order valence-electron chi connectivity index (χ2n) is 5.27. The number of nitrogens with one attached hydrogen (secondary N) is 1. The molecule has 0 aliphatic heterocycles. The Morgan fingerprint density at radius 1 is 1.00 bits per heavy atom. The fourth-order valence-corrected chi connectivity index (χ4v) is 3.55. The molecule has 2 heterocycles. The molecule has 0 fully saturated rings. The molecule has 5 heteroatoms. The van der Waals surface area contributed by atoms with Gasteiger partial charge in [0.15, 0.2) is 0 Å². The van der Waals surface area contributed by atoms with Crippen LogP contribution in [-0.2, 0) is 0 Å². The number of methoxy groups -OCH3 is 1. The van der Waals surface area contributed by atoms with Crippen molar-refractivity contribution in [2.45, 2.75) is 0 Å². The van der Waals surface area contributed by atoms with Gasteiger partial charge in [-0.05, 0) is 17.7 Å². The third kappa shape index (κ3) is 2.70. The highest BCUT2D eigenvalue weighted by molar-refractivity contribution is 7.17. The largest absolute Gasteiger partial charge is 0.497 e. The minimum absolute atomic E-state index is 0.799. The summed E-state index contributed by atoms with van der Waals surface area (Å²) in [4.78, 5) is 9.83. The van der Waals surface area contributed by atoms with Crippen molar-refractivity contribution in [2.75, 3.05) is 12.4 Å². The smallest absolute Gasteiger partial charge is 0.143 e. The summed E-state index contributed by atoms with van der Waals surface area (Å²) in [5, 5.41) is 6.56.